The maximum absolute atomic E-state index is 10.3. The quantitative estimate of drug-likeness (QED) is 0.521. The van der Waals surface area contributed by atoms with E-state index in [1.54, 1.807) is 7.85 Å². The van der Waals surface area contributed by atoms with E-state index in [4.69, 9.17) is 5.11 Å². The molecule has 4 heteroatoms. The highest BCUT2D eigenvalue weighted by molar-refractivity contribution is 6.22. The summed E-state index contributed by atoms with van der Waals surface area (Å²) in [6.45, 7) is 4.54. The molecule has 0 saturated carbocycles. The number of carbonyl (C=O) groups is 1. The lowest BCUT2D eigenvalue weighted by atomic mass is 9.87. The summed E-state index contributed by atoms with van der Waals surface area (Å²) in [5.41, 5.74) is 0. The van der Waals surface area contributed by atoms with Crippen LogP contribution in [0.3, 0.4) is 0 Å². The summed E-state index contributed by atoms with van der Waals surface area (Å²) in [5.74, 6) is -1.03. The summed E-state index contributed by atoms with van der Waals surface area (Å²) in [6, 6.07) is 0.363. The Morgan fingerprint density at radius 2 is 2.20 bits per heavy atom. The van der Waals surface area contributed by atoms with E-state index in [1.807, 2.05) is 13.8 Å². The van der Waals surface area contributed by atoms with Crippen molar-refractivity contribution >= 4 is 13.8 Å². The average molecular weight is 143 g/mol. The van der Waals surface area contributed by atoms with Crippen LogP contribution in [0.1, 0.15) is 13.8 Å². The predicted molar refractivity (Wildman–Crippen MR) is 43.1 cm³/mol. The van der Waals surface area contributed by atoms with Gasteiger partial charge in [-0.2, -0.15) is 0 Å². The monoisotopic (exact) mass is 143 g/mol. The van der Waals surface area contributed by atoms with Crippen LogP contribution in [0.4, 0.5) is 0 Å². The third-order valence-electron chi connectivity index (χ3n) is 1.25. The zero-order valence-electron chi connectivity index (χ0n) is 6.72. The van der Waals surface area contributed by atoms with Crippen LogP contribution in [0.25, 0.3) is 0 Å². The summed E-state index contributed by atoms with van der Waals surface area (Å²) < 4.78 is 0. The van der Waals surface area contributed by atoms with Crippen LogP contribution in [-0.2, 0) is 4.79 Å². The number of nitrogens with one attached hydrogen (secondary N) is 1. The molecule has 1 unspecified atom stereocenters. The summed E-state index contributed by atoms with van der Waals surface area (Å²) in [7, 11) is 1.69. The number of hydrogen-bond donors (Lipinski definition) is 2. The Balaban J connectivity index is 3.40. The van der Waals surface area contributed by atoms with Gasteiger partial charge in [-0.1, -0.05) is 13.8 Å². The molecule has 58 valence electrons. The second kappa shape index (κ2) is 4.33. The van der Waals surface area contributed by atoms with Gasteiger partial charge in [-0.05, 0) is 0 Å². The smallest absolute Gasteiger partial charge is 0.299 e. The van der Waals surface area contributed by atoms with E-state index in [0.717, 1.165) is 0 Å². The van der Waals surface area contributed by atoms with Gasteiger partial charge >= 0.3 is 0 Å². The molecule has 0 spiro atoms. The van der Waals surface area contributed by atoms with E-state index in [1.165, 1.54) is 0 Å². The molecule has 0 heterocycles. The van der Waals surface area contributed by atoms with Crippen LogP contribution < -0.4 is 5.32 Å². The number of carboxylic acid groups (broad SMARTS) is 1. The first-order valence-electron chi connectivity index (χ1n) is 3.50. The minimum Gasteiger partial charge on any atom is -0.482 e. The molecule has 3 nitrogen and oxygen atoms in total. The van der Waals surface area contributed by atoms with Gasteiger partial charge in [-0.25, -0.2) is 0 Å². The van der Waals surface area contributed by atoms with Gasteiger partial charge in [0, 0.05) is 18.4 Å². The third kappa shape index (κ3) is 4.38. The highest BCUT2D eigenvalue weighted by Crippen LogP contribution is 1.95. The number of hydrogen-bond acceptors (Lipinski definition) is 2. The van der Waals surface area contributed by atoms with Crippen molar-refractivity contribution in [1.82, 2.24) is 5.32 Å². The van der Waals surface area contributed by atoms with E-state index in [9.17, 15) is 4.79 Å². The van der Waals surface area contributed by atoms with Crippen LogP contribution in [-0.4, -0.2) is 31.5 Å². The lowest BCUT2D eigenvalue weighted by Crippen LogP contribution is -2.29. The molecule has 2 N–H and O–H groups in total. The summed E-state index contributed by atoms with van der Waals surface area (Å²) in [6.07, 6.45) is 0. The highest BCUT2D eigenvalue weighted by Gasteiger charge is 2.09. The molecule has 0 aliphatic rings. The molecule has 0 aromatic heterocycles. The van der Waals surface area contributed by atoms with E-state index in [0.29, 0.717) is 12.6 Å². The first-order chi connectivity index (χ1) is 4.54. The summed E-state index contributed by atoms with van der Waals surface area (Å²) in [4.78, 5) is 10.3. The van der Waals surface area contributed by atoms with Crippen molar-refractivity contribution in [3.63, 3.8) is 0 Å². The van der Waals surface area contributed by atoms with Crippen molar-refractivity contribution in [2.45, 2.75) is 25.7 Å². The number of carboxylic acids is 1. The second-order valence-electron chi connectivity index (χ2n) is 2.80. The average Bonchev–Trinajstić information content (AvgIpc) is 1.82. The third-order valence-corrected chi connectivity index (χ3v) is 1.25. The number of aliphatic carboxylic acids is 1. The van der Waals surface area contributed by atoms with E-state index < -0.39 is 5.97 Å². The second-order valence-corrected chi connectivity index (χ2v) is 2.80. The molecule has 0 aromatic rings. The van der Waals surface area contributed by atoms with Gasteiger partial charge in [0.2, 0.25) is 0 Å². The van der Waals surface area contributed by atoms with Gasteiger partial charge in [-0.3, -0.25) is 4.79 Å². The Labute approximate surface area is 62.2 Å². The molecule has 1 atom stereocenters. The lowest BCUT2D eigenvalue weighted by molar-refractivity contribution is -0.136. The molecule has 0 bridgehead atoms. The Morgan fingerprint density at radius 1 is 1.70 bits per heavy atom. The zero-order valence-corrected chi connectivity index (χ0v) is 6.72. The highest BCUT2D eigenvalue weighted by atomic mass is 16.4. The zero-order chi connectivity index (χ0) is 8.15. The standard InChI is InChI=1S/C6H14BNO2/c1-4(2)8-3-5(7)6(9)10/h4-5,8H,3,7H2,1-2H3,(H,9,10). The summed E-state index contributed by atoms with van der Waals surface area (Å²) >= 11 is 0. The van der Waals surface area contributed by atoms with E-state index >= 15 is 0 Å². The molecule has 0 aromatic carbocycles. The molecule has 0 fully saturated rings. The Kier molecular flexibility index (Phi) is 4.11. The van der Waals surface area contributed by atoms with Crippen LogP contribution in [0.2, 0.25) is 5.82 Å². The summed E-state index contributed by atoms with van der Waals surface area (Å²) in [5, 5.41) is 11.5. The van der Waals surface area contributed by atoms with Crippen molar-refractivity contribution in [2.75, 3.05) is 6.54 Å². The van der Waals surface area contributed by atoms with Gasteiger partial charge in [0.05, 0.1) is 0 Å². The van der Waals surface area contributed by atoms with E-state index in [2.05, 4.69) is 5.32 Å². The van der Waals surface area contributed by atoms with Gasteiger partial charge < -0.3 is 10.4 Å². The maximum Gasteiger partial charge on any atom is 0.299 e. The number of rotatable bonds is 4. The largest absolute Gasteiger partial charge is 0.482 e. The van der Waals surface area contributed by atoms with Crippen molar-refractivity contribution in [3.8, 4) is 0 Å². The minimum absolute atomic E-state index is 0.289. The Bertz CT molecular complexity index is 116. The molecule has 0 rings (SSSR count). The first kappa shape index (κ1) is 9.49. The fraction of sp³-hybridized carbons (Fsp3) is 0.833. The Morgan fingerprint density at radius 3 is 2.50 bits per heavy atom. The molecule has 0 saturated heterocycles. The molecule has 10 heavy (non-hydrogen) atoms. The van der Waals surface area contributed by atoms with Gasteiger partial charge in [-0.15, -0.1) is 0 Å². The van der Waals surface area contributed by atoms with E-state index in [-0.39, 0.29) is 5.82 Å². The van der Waals surface area contributed by atoms with Crippen molar-refractivity contribution in [3.05, 3.63) is 0 Å². The lowest BCUT2D eigenvalue weighted by Gasteiger charge is -2.10. The molecule has 0 radical (unpaired) electrons. The predicted octanol–water partition coefficient (Wildman–Crippen LogP) is -0.509. The van der Waals surface area contributed by atoms with Crippen molar-refractivity contribution in [2.24, 2.45) is 0 Å². The SMILES string of the molecule is BC(CNC(C)C)C(=O)O. The van der Waals surface area contributed by atoms with Crippen LogP contribution >= 0.6 is 0 Å². The molecular weight excluding hydrogens is 129 g/mol. The fourth-order valence-corrected chi connectivity index (χ4v) is 0.500. The normalized spacial score (nSPS) is 13.5. The van der Waals surface area contributed by atoms with Gasteiger partial charge in [0.25, 0.3) is 5.97 Å². The van der Waals surface area contributed by atoms with Gasteiger partial charge in [0.1, 0.15) is 7.85 Å². The van der Waals surface area contributed by atoms with Crippen LogP contribution in [0.5, 0.6) is 0 Å². The minimum atomic E-state index is -0.742. The first-order valence-corrected chi connectivity index (χ1v) is 3.50. The fourth-order valence-electron chi connectivity index (χ4n) is 0.500. The van der Waals surface area contributed by atoms with Gasteiger partial charge in [0.15, 0.2) is 0 Å². The molecular formula is C6H14BNO2. The molecule has 0 aliphatic heterocycles. The Hall–Kier alpha value is -0.505. The van der Waals surface area contributed by atoms with Crippen molar-refractivity contribution in [1.29, 1.82) is 0 Å². The maximum atomic E-state index is 10.3. The van der Waals surface area contributed by atoms with Crippen molar-refractivity contribution < 1.29 is 9.90 Å². The van der Waals surface area contributed by atoms with Crippen LogP contribution in [0.15, 0.2) is 0 Å². The molecule has 0 amide bonds. The molecule has 0 aliphatic carbocycles. The van der Waals surface area contributed by atoms with Crippen LogP contribution in [0, 0.1) is 0 Å². The topological polar surface area (TPSA) is 49.3 Å².